The van der Waals surface area contributed by atoms with Gasteiger partial charge in [0.05, 0.1) is 13.5 Å². The van der Waals surface area contributed by atoms with E-state index in [2.05, 4.69) is 9.83 Å². The number of hydrogen-bond donors (Lipinski definition) is 0. The maximum atomic E-state index is 6.58. The van der Waals surface area contributed by atoms with Gasteiger partial charge in [-0.3, -0.25) is 0 Å². The summed E-state index contributed by atoms with van der Waals surface area (Å²) in [6.07, 6.45) is 2.54. The van der Waals surface area contributed by atoms with Crippen molar-refractivity contribution in [2.75, 3.05) is 13.7 Å². The molecular formula is C7H8N2OS. The third-order valence-corrected chi connectivity index (χ3v) is 2.20. The van der Waals surface area contributed by atoms with Crippen LogP contribution >= 0.6 is 11.3 Å². The molecule has 3 nitrogen and oxygen atoms in total. The molecule has 1 heterocycles. The van der Waals surface area contributed by atoms with Crippen molar-refractivity contribution in [3.8, 4) is 5.19 Å². The molecule has 1 aromatic heterocycles. The number of methoxy groups -OCH3 is 1. The highest BCUT2D eigenvalue weighted by Gasteiger charge is 2.01. The van der Waals surface area contributed by atoms with E-state index < -0.39 is 0 Å². The van der Waals surface area contributed by atoms with Gasteiger partial charge in [0.15, 0.2) is 0 Å². The Bertz CT molecular complexity index is 264. The highest BCUT2D eigenvalue weighted by molar-refractivity contribution is 7.13. The van der Waals surface area contributed by atoms with E-state index in [-0.39, 0.29) is 0 Å². The lowest BCUT2D eigenvalue weighted by atomic mass is 10.4. The first-order valence-electron chi connectivity index (χ1n) is 3.18. The zero-order valence-corrected chi connectivity index (χ0v) is 7.02. The number of hydrogen-bond acceptors (Lipinski definition) is 3. The minimum atomic E-state index is 0.533. The molecule has 0 unspecified atom stereocenters. The van der Waals surface area contributed by atoms with Crippen LogP contribution in [0.1, 0.15) is 4.88 Å². The number of rotatable bonds is 3. The van der Waals surface area contributed by atoms with Crippen LogP contribution in [0, 0.1) is 6.57 Å². The molecule has 0 aliphatic rings. The standard InChI is InChI=1S/C7H8N2OS/c1-8-4-3-6-5-9-7(10-2)11-6/h5H,3-4H2,2H3. The Morgan fingerprint density at radius 2 is 2.64 bits per heavy atom. The Labute approximate surface area is 69.5 Å². The lowest BCUT2D eigenvalue weighted by Crippen LogP contribution is -1.80. The smallest absolute Gasteiger partial charge is 0.273 e. The maximum absolute atomic E-state index is 6.58. The van der Waals surface area contributed by atoms with Crippen molar-refractivity contribution in [1.29, 1.82) is 0 Å². The summed E-state index contributed by atoms with van der Waals surface area (Å²) in [5.41, 5.74) is 0. The van der Waals surface area contributed by atoms with Crippen molar-refractivity contribution in [2.24, 2.45) is 0 Å². The number of ether oxygens (including phenoxy) is 1. The molecule has 0 atom stereocenters. The number of thiazole rings is 1. The summed E-state index contributed by atoms with van der Waals surface area (Å²) in [6.45, 7) is 7.11. The van der Waals surface area contributed by atoms with Crippen LogP contribution in [0.4, 0.5) is 0 Å². The van der Waals surface area contributed by atoms with Crippen LogP contribution in [-0.2, 0) is 6.42 Å². The molecule has 0 spiro atoms. The Kier molecular flexibility index (Phi) is 2.87. The van der Waals surface area contributed by atoms with Crippen molar-refractivity contribution in [3.63, 3.8) is 0 Å². The van der Waals surface area contributed by atoms with Crippen LogP contribution in [0.25, 0.3) is 4.85 Å². The molecule has 0 N–H and O–H groups in total. The SMILES string of the molecule is [C-]#[N+]CCc1cnc(OC)s1. The average Bonchev–Trinajstić information content (AvgIpc) is 2.48. The molecule has 1 aromatic rings. The van der Waals surface area contributed by atoms with Crippen molar-refractivity contribution in [3.05, 3.63) is 22.5 Å². The van der Waals surface area contributed by atoms with Gasteiger partial charge < -0.3 is 9.58 Å². The molecule has 0 amide bonds. The highest BCUT2D eigenvalue weighted by atomic mass is 32.1. The molecule has 0 aromatic carbocycles. The van der Waals surface area contributed by atoms with Gasteiger partial charge in [0.25, 0.3) is 5.19 Å². The predicted octanol–water partition coefficient (Wildman–Crippen LogP) is 1.61. The first-order chi connectivity index (χ1) is 5.36. The van der Waals surface area contributed by atoms with E-state index in [1.54, 1.807) is 13.3 Å². The van der Waals surface area contributed by atoms with E-state index >= 15 is 0 Å². The van der Waals surface area contributed by atoms with Gasteiger partial charge in [0.2, 0.25) is 6.54 Å². The summed E-state index contributed by atoms with van der Waals surface area (Å²) < 4.78 is 4.90. The van der Waals surface area contributed by atoms with E-state index in [0.29, 0.717) is 11.7 Å². The predicted molar refractivity (Wildman–Crippen MR) is 43.8 cm³/mol. The van der Waals surface area contributed by atoms with Crippen LogP contribution in [0.15, 0.2) is 6.20 Å². The summed E-state index contributed by atoms with van der Waals surface area (Å²) in [5.74, 6) is 0. The second-order valence-corrected chi connectivity index (χ2v) is 3.01. The van der Waals surface area contributed by atoms with Gasteiger partial charge in [0, 0.05) is 11.1 Å². The van der Waals surface area contributed by atoms with Gasteiger partial charge >= 0.3 is 0 Å². The molecule has 0 aliphatic heterocycles. The zero-order chi connectivity index (χ0) is 8.10. The molecule has 58 valence electrons. The summed E-state index contributed by atoms with van der Waals surface area (Å²) in [6, 6.07) is 0. The van der Waals surface area contributed by atoms with Gasteiger partial charge in [-0.05, 0) is 0 Å². The first kappa shape index (κ1) is 8.02. The fraction of sp³-hybridized carbons (Fsp3) is 0.429. The third kappa shape index (κ3) is 2.20. The molecule has 0 saturated heterocycles. The topological polar surface area (TPSA) is 26.5 Å². The third-order valence-electron chi connectivity index (χ3n) is 1.18. The number of aromatic nitrogens is 1. The van der Waals surface area contributed by atoms with Gasteiger partial charge in [-0.15, -0.1) is 0 Å². The van der Waals surface area contributed by atoms with Crippen LogP contribution < -0.4 is 4.74 Å². The molecule has 0 aliphatic carbocycles. The average molecular weight is 168 g/mol. The van der Waals surface area contributed by atoms with E-state index in [0.717, 1.165) is 11.3 Å². The summed E-state index contributed by atoms with van der Waals surface area (Å²) >= 11 is 1.50. The quantitative estimate of drug-likeness (QED) is 0.641. The molecular weight excluding hydrogens is 160 g/mol. The monoisotopic (exact) mass is 168 g/mol. The lowest BCUT2D eigenvalue weighted by molar-refractivity contribution is 0.412. The van der Waals surface area contributed by atoms with Gasteiger partial charge in [-0.25, -0.2) is 11.6 Å². The van der Waals surface area contributed by atoms with Crippen LogP contribution in [-0.4, -0.2) is 18.6 Å². The Hall–Kier alpha value is -1.08. The minimum absolute atomic E-state index is 0.533. The largest absolute Gasteiger partial charge is 0.473 e. The Morgan fingerprint density at radius 3 is 3.18 bits per heavy atom. The molecule has 11 heavy (non-hydrogen) atoms. The molecule has 0 bridgehead atoms. The van der Waals surface area contributed by atoms with Crippen LogP contribution in [0.3, 0.4) is 0 Å². The van der Waals surface area contributed by atoms with E-state index in [1.807, 2.05) is 0 Å². The normalized spacial score (nSPS) is 9.09. The van der Waals surface area contributed by atoms with E-state index in [1.165, 1.54) is 11.3 Å². The molecule has 0 saturated carbocycles. The molecule has 4 heteroatoms. The van der Waals surface area contributed by atoms with E-state index in [4.69, 9.17) is 11.3 Å². The zero-order valence-electron chi connectivity index (χ0n) is 6.20. The Morgan fingerprint density at radius 1 is 1.82 bits per heavy atom. The first-order valence-corrected chi connectivity index (χ1v) is 4.00. The van der Waals surface area contributed by atoms with Crippen molar-refractivity contribution >= 4 is 11.3 Å². The molecule has 1 rings (SSSR count). The van der Waals surface area contributed by atoms with E-state index in [9.17, 15) is 0 Å². The van der Waals surface area contributed by atoms with Gasteiger partial charge in [-0.1, -0.05) is 11.3 Å². The summed E-state index contributed by atoms with van der Waals surface area (Å²) in [4.78, 5) is 8.34. The van der Waals surface area contributed by atoms with Gasteiger partial charge in [-0.2, -0.15) is 0 Å². The van der Waals surface area contributed by atoms with Crippen LogP contribution in [0.5, 0.6) is 5.19 Å². The highest BCUT2D eigenvalue weighted by Crippen LogP contribution is 2.19. The molecule has 0 fully saturated rings. The summed E-state index contributed by atoms with van der Waals surface area (Å²) in [7, 11) is 1.59. The van der Waals surface area contributed by atoms with Crippen molar-refractivity contribution < 1.29 is 4.74 Å². The minimum Gasteiger partial charge on any atom is -0.473 e. The van der Waals surface area contributed by atoms with Gasteiger partial charge in [0.1, 0.15) is 0 Å². The Balaban J connectivity index is 2.53. The van der Waals surface area contributed by atoms with Crippen molar-refractivity contribution in [2.45, 2.75) is 6.42 Å². The maximum Gasteiger partial charge on any atom is 0.273 e. The van der Waals surface area contributed by atoms with Crippen molar-refractivity contribution in [1.82, 2.24) is 4.98 Å². The molecule has 0 radical (unpaired) electrons. The van der Waals surface area contributed by atoms with Crippen LogP contribution in [0.2, 0.25) is 0 Å². The lowest BCUT2D eigenvalue weighted by Gasteiger charge is -1.86. The second kappa shape index (κ2) is 3.94. The number of nitrogens with zero attached hydrogens (tertiary/aromatic N) is 2. The fourth-order valence-corrected chi connectivity index (χ4v) is 1.38. The fourth-order valence-electron chi connectivity index (χ4n) is 0.666. The second-order valence-electron chi connectivity index (χ2n) is 1.93. The summed E-state index contributed by atoms with van der Waals surface area (Å²) in [5, 5.41) is 0.671.